The number of fused-ring (bicyclic) bond motifs is 18. The van der Waals surface area contributed by atoms with Crippen molar-refractivity contribution >= 4 is 119 Å². The maximum Gasteiger partial charge on any atom is 0.336 e. The molecule has 0 saturated carbocycles. The fourth-order valence-corrected chi connectivity index (χ4v) is 24.3. The molecule has 0 spiro atoms. The van der Waals surface area contributed by atoms with Crippen molar-refractivity contribution in [3.8, 4) is 139 Å². The fourth-order valence-electron chi connectivity index (χ4n) is 24.3. The fraction of sp³-hybridized carbons (Fsp3) is 0.0352. The molecule has 1 N–H and O–H groups in total. The minimum Gasteiger partial charge on any atom is -0.485 e. The lowest BCUT2D eigenvalue weighted by Crippen LogP contribution is -2.30. The minimum absolute atomic E-state index is 0.245. The minimum atomic E-state index is -0.302. The Bertz CT molecular complexity index is 8830. The summed E-state index contributed by atoms with van der Waals surface area (Å²) in [6.45, 7) is 0. The van der Waals surface area contributed by atoms with Crippen molar-refractivity contribution in [3.63, 3.8) is 0 Å². The molecular formula is C142H95NO3. The van der Waals surface area contributed by atoms with Crippen LogP contribution in [-0.2, 0) is 19.3 Å². The predicted octanol–water partition coefficient (Wildman–Crippen LogP) is 37.9. The second kappa shape index (κ2) is 36.8. The lowest BCUT2D eigenvalue weighted by atomic mass is 9.77. The molecule has 146 heavy (non-hydrogen) atoms. The van der Waals surface area contributed by atoms with Crippen LogP contribution in [0.25, 0.3) is 241 Å². The number of ether oxygens (including phenoxy) is 1. The molecule has 0 fully saturated rings. The van der Waals surface area contributed by atoms with Crippen molar-refractivity contribution in [2.45, 2.75) is 25.4 Å². The molecule has 0 bridgehead atoms. The standard InChI is InChI=1S/C64H36.C42H28.C14H13N.C13H12O.C9H6O2/c1-5-17-37(18-6-1)53-41-25-13-14-26-42(41)54(38-19-7-2-8-20-38)62-50-34-30-46-48-32-36-52-60-51(35-31-47(58(48)60)45-29-33-49(61(53)62)59(50)57(45)46)63-55(39-21-9-3-10-22-39)43-27-15-16-28-44(43)56(64(52)63)40-23-11-4-12-24-40;1-5-17-29(18-6-1)37-33-25-13-14-26-34(33)39(31-21-9-3-10-22-31)42-40(32-23-11-4-12-24-32)36-28-16-15-27-35(36)38(41(37)42)30-19-7-2-8-20-30;1-3-7-13-11(5-1)9-10-12-6-2-4-8-14(12)15-13;1-3-7-12-10(5-1)9-11-6-2-4-8-13(11)14-12;10-9-6-5-7-3-1-2-4-8(7)11-9/h1-36H;1-28H;1-8,15H,9-10H2;1-8,10,12H,9H2;1-6H. The third-order valence-corrected chi connectivity index (χ3v) is 30.5. The average molecular weight is 1860 g/mol. The van der Waals surface area contributed by atoms with Gasteiger partial charge in [0.2, 0.25) is 0 Å². The normalized spacial score (nSPS) is 13.5. The zero-order chi connectivity index (χ0) is 96.7. The van der Waals surface area contributed by atoms with E-state index in [4.69, 9.17) is 9.15 Å². The highest BCUT2D eigenvalue weighted by atomic mass is 16.5. The molecule has 2 unspecified atom stereocenters. The number of rotatable bonds is 8. The summed E-state index contributed by atoms with van der Waals surface area (Å²) in [5.41, 5.74) is 37.9. The Balaban J connectivity index is 0.000000108. The molecule has 3 aliphatic carbocycles. The average Bonchev–Trinajstić information content (AvgIpc) is 1.62. The Hall–Kier alpha value is -18.6. The molecule has 0 saturated heterocycles. The molecule has 31 rings (SSSR count). The Morgan fingerprint density at radius 3 is 0.822 bits per heavy atom. The van der Waals surface area contributed by atoms with E-state index in [9.17, 15) is 4.79 Å². The van der Waals surface area contributed by atoms with Gasteiger partial charge in [0, 0.05) is 28.7 Å². The Labute approximate surface area is 847 Å². The maximum atomic E-state index is 10.7. The van der Waals surface area contributed by atoms with Gasteiger partial charge in [0.05, 0.1) is 0 Å². The van der Waals surface area contributed by atoms with E-state index < -0.39 is 0 Å². The van der Waals surface area contributed by atoms with E-state index in [0.717, 1.165) is 30.4 Å². The van der Waals surface area contributed by atoms with Crippen LogP contribution in [0.4, 0.5) is 11.4 Å². The van der Waals surface area contributed by atoms with E-state index >= 15 is 0 Å². The van der Waals surface area contributed by atoms with Crippen molar-refractivity contribution in [3.05, 3.63) is 549 Å². The van der Waals surface area contributed by atoms with Crippen LogP contribution in [0.1, 0.15) is 16.7 Å². The topological polar surface area (TPSA) is 51.5 Å². The van der Waals surface area contributed by atoms with Crippen LogP contribution in [0.15, 0.2) is 531 Å². The molecule has 686 valence electrons. The van der Waals surface area contributed by atoms with Crippen LogP contribution in [-0.4, -0.2) is 6.10 Å². The van der Waals surface area contributed by atoms with E-state index in [2.05, 4.69) is 485 Å². The first kappa shape index (κ1) is 86.5. The third-order valence-electron chi connectivity index (χ3n) is 30.5. The summed E-state index contributed by atoms with van der Waals surface area (Å²) in [6, 6.07) is 180. The molecule has 0 amide bonds. The van der Waals surface area contributed by atoms with Crippen LogP contribution in [0.3, 0.4) is 0 Å². The molecule has 2 atom stereocenters. The van der Waals surface area contributed by atoms with Gasteiger partial charge in [-0.2, -0.15) is 0 Å². The quantitative estimate of drug-likeness (QED) is 0.0936. The zero-order valence-electron chi connectivity index (χ0n) is 80.2. The van der Waals surface area contributed by atoms with Gasteiger partial charge < -0.3 is 14.5 Å². The number of allylic oxidation sites excluding steroid dienone is 2. The number of anilines is 2. The maximum absolute atomic E-state index is 10.7. The van der Waals surface area contributed by atoms with Gasteiger partial charge in [-0.15, -0.1) is 0 Å². The number of para-hydroxylation sites is 4. The van der Waals surface area contributed by atoms with Crippen LogP contribution in [0.5, 0.6) is 5.75 Å². The number of benzene rings is 25. The molecule has 5 aliphatic rings. The SMILES string of the molecule is C1=CC2Cc3ccccc3OC2C=C1.O=c1ccc2ccccc2o1.c1ccc(-c2c3c(c(-c4ccccc4)c4ccccc24)-c2ccc4c5ccc6c7c(ccc(c8ccc-3c2c84)c75)-c2c-6c(-c3ccccc3)c3ccccc3c2-c2ccccc2)cc1.c1ccc(-c2c3ccccc3c(-c3ccccc3)c3c(-c4ccccc4)c4ccccc4c(-c4ccccc4)c23)cc1.c1ccc2c(c1)CCc1ccccc1N2. The zero-order valence-corrected chi connectivity index (χ0v) is 80.2. The van der Waals surface area contributed by atoms with Gasteiger partial charge >= 0.3 is 5.63 Å². The molecule has 0 radical (unpaired) electrons. The van der Waals surface area contributed by atoms with E-state index in [1.54, 1.807) is 12.1 Å². The highest BCUT2D eigenvalue weighted by Gasteiger charge is 2.37. The van der Waals surface area contributed by atoms with Gasteiger partial charge in [0.15, 0.2) is 0 Å². The summed E-state index contributed by atoms with van der Waals surface area (Å²) >= 11 is 0. The molecule has 25 aromatic carbocycles. The van der Waals surface area contributed by atoms with E-state index in [0.29, 0.717) is 11.5 Å². The van der Waals surface area contributed by atoms with Crippen LogP contribution in [0.2, 0.25) is 0 Å². The first-order valence-electron chi connectivity index (χ1n) is 50.7. The number of hydrogen-bond acceptors (Lipinski definition) is 4. The van der Waals surface area contributed by atoms with Crippen LogP contribution >= 0.6 is 0 Å². The summed E-state index contributed by atoms with van der Waals surface area (Å²) in [4.78, 5) is 10.7. The van der Waals surface area contributed by atoms with E-state index in [-0.39, 0.29) is 11.7 Å². The summed E-state index contributed by atoms with van der Waals surface area (Å²) in [5, 5.41) is 28.0. The van der Waals surface area contributed by atoms with Crippen LogP contribution in [0, 0.1) is 5.92 Å². The summed E-state index contributed by atoms with van der Waals surface area (Å²) in [6.07, 6.45) is 12.1. The van der Waals surface area contributed by atoms with E-state index in [1.807, 2.05) is 24.3 Å². The van der Waals surface area contributed by atoms with Gasteiger partial charge in [-0.3, -0.25) is 0 Å². The Morgan fingerprint density at radius 1 is 0.205 bits per heavy atom. The molecule has 2 aliphatic heterocycles. The summed E-state index contributed by atoms with van der Waals surface area (Å²) in [7, 11) is 0. The molecule has 4 nitrogen and oxygen atoms in total. The molecule has 26 aromatic rings. The van der Waals surface area contributed by atoms with Crippen molar-refractivity contribution in [2.75, 3.05) is 5.32 Å². The van der Waals surface area contributed by atoms with Gasteiger partial charge in [-0.05, 0) is 303 Å². The Morgan fingerprint density at radius 2 is 0.479 bits per heavy atom. The van der Waals surface area contributed by atoms with Crippen molar-refractivity contribution in [1.29, 1.82) is 0 Å². The van der Waals surface area contributed by atoms with Crippen molar-refractivity contribution in [2.24, 2.45) is 5.92 Å². The second-order valence-electron chi connectivity index (χ2n) is 38.6. The number of aryl methyl sites for hydroxylation is 2. The number of nitrogens with one attached hydrogen (secondary N) is 1. The highest BCUT2D eigenvalue weighted by molar-refractivity contribution is 6.43. The molecule has 4 heteroatoms. The van der Waals surface area contributed by atoms with Crippen molar-refractivity contribution in [1.82, 2.24) is 0 Å². The lowest BCUT2D eigenvalue weighted by Gasteiger charge is -2.31. The molecular weight excluding hydrogens is 1770 g/mol. The second-order valence-corrected chi connectivity index (χ2v) is 38.6. The summed E-state index contributed by atoms with van der Waals surface area (Å²) < 4.78 is 10.8. The van der Waals surface area contributed by atoms with Gasteiger partial charge in [0.1, 0.15) is 17.4 Å². The van der Waals surface area contributed by atoms with Gasteiger partial charge in [0.25, 0.3) is 0 Å². The first-order valence-corrected chi connectivity index (χ1v) is 50.7. The highest BCUT2D eigenvalue weighted by Crippen LogP contribution is 2.64. The first-order chi connectivity index (χ1) is 72.5. The van der Waals surface area contributed by atoms with Crippen LogP contribution < -0.4 is 15.7 Å². The van der Waals surface area contributed by atoms with Gasteiger partial charge in [-0.25, -0.2) is 4.79 Å². The van der Waals surface area contributed by atoms with Crippen molar-refractivity contribution < 1.29 is 9.15 Å². The Kier molecular flexibility index (Phi) is 21.8. The smallest absolute Gasteiger partial charge is 0.336 e. The largest absolute Gasteiger partial charge is 0.485 e. The monoisotopic (exact) mass is 1860 g/mol. The predicted molar refractivity (Wildman–Crippen MR) is 616 cm³/mol. The summed E-state index contributed by atoms with van der Waals surface area (Å²) in [5.74, 6) is 1.57. The number of hydrogen-bond donors (Lipinski definition) is 1. The van der Waals surface area contributed by atoms with Gasteiger partial charge in [-0.1, -0.05) is 479 Å². The lowest BCUT2D eigenvalue weighted by molar-refractivity contribution is 0.178. The molecule has 3 heterocycles. The van der Waals surface area contributed by atoms with E-state index in [1.165, 1.54) is 265 Å². The third kappa shape index (κ3) is 14.8. The molecule has 1 aromatic heterocycles.